The third kappa shape index (κ3) is 3.53. The van der Waals surface area contributed by atoms with Crippen molar-refractivity contribution in [2.45, 2.75) is 20.8 Å². The fourth-order valence-corrected chi connectivity index (χ4v) is 1.66. The first kappa shape index (κ1) is 12.6. The zero-order valence-corrected chi connectivity index (χ0v) is 11.4. The number of alkyl halides is 1. The van der Waals surface area contributed by atoms with Gasteiger partial charge in [0.2, 0.25) is 0 Å². The van der Waals surface area contributed by atoms with Gasteiger partial charge >= 0.3 is 0 Å². The summed E-state index contributed by atoms with van der Waals surface area (Å²) in [5.74, 6) is -0.0866. The fraction of sp³-hybridized carbons (Fsp3) is 0.667. The molecule has 0 unspecified atom stereocenters. The fourth-order valence-electron chi connectivity index (χ4n) is 0.887. The SMILES string of the molecule is Cc1nnsc1C(=O)NCC(C)(C)CBr. The molecule has 1 amide bonds. The second-order valence-electron chi connectivity index (χ2n) is 4.17. The van der Waals surface area contributed by atoms with Gasteiger partial charge in [0.1, 0.15) is 4.88 Å². The Morgan fingerprint density at radius 1 is 1.60 bits per heavy atom. The van der Waals surface area contributed by atoms with Crippen molar-refractivity contribution in [1.29, 1.82) is 0 Å². The van der Waals surface area contributed by atoms with E-state index in [1.54, 1.807) is 6.92 Å². The van der Waals surface area contributed by atoms with E-state index in [4.69, 9.17) is 0 Å². The monoisotopic (exact) mass is 291 g/mol. The first-order valence-corrected chi connectivity index (χ1v) is 6.49. The van der Waals surface area contributed by atoms with Gasteiger partial charge in [-0.3, -0.25) is 4.79 Å². The molecule has 0 bridgehead atoms. The Kier molecular flexibility index (Phi) is 4.21. The summed E-state index contributed by atoms with van der Waals surface area (Å²) in [6.07, 6.45) is 0. The van der Waals surface area contributed by atoms with E-state index < -0.39 is 0 Å². The molecule has 6 heteroatoms. The minimum atomic E-state index is -0.0866. The van der Waals surface area contributed by atoms with Crippen molar-refractivity contribution < 1.29 is 4.79 Å². The van der Waals surface area contributed by atoms with Crippen LogP contribution >= 0.6 is 27.5 Å². The molecule has 0 aliphatic rings. The van der Waals surface area contributed by atoms with E-state index in [1.807, 2.05) is 0 Å². The molecule has 0 saturated heterocycles. The first-order chi connectivity index (χ1) is 6.96. The lowest BCUT2D eigenvalue weighted by Gasteiger charge is -2.21. The second-order valence-corrected chi connectivity index (χ2v) is 5.48. The Hall–Kier alpha value is -0.490. The van der Waals surface area contributed by atoms with Crippen LogP contribution in [0.4, 0.5) is 0 Å². The molecule has 0 aliphatic carbocycles. The number of halogens is 1. The third-order valence-corrected chi connectivity index (χ3v) is 4.29. The van der Waals surface area contributed by atoms with Crippen LogP contribution in [0.2, 0.25) is 0 Å². The Balaban J connectivity index is 2.55. The molecule has 0 radical (unpaired) electrons. The van der Waals surface area contributed by atoms with E-state index in [1.165, 1.54) is 0 Å². The Bertz CT molecular complexity index is 351. The molecule has 15 heavy (non-hydrogen) atoms. The van der Waals surface area contributed by atoms with Crippen LogP contribution in [-0.4, -0.2) is 27.4 Å². The third-order valence-electron chi connectivity index (χ3n) is 1.95. The van der Waals surface area contributed by atoms with Crippen molar-refractivity contribution in [3.8, 4) is 0 Å². The highest BCUT2D eigenvalue weighted by Gasteiger charge is 2.19. The van der Waals surface area contributed by atoms with E-state index in [9.17, 15) is 4.79 Å². The van der Waals surface area contributed by atoms with E-state index in [-0.39, 0.29) is 11.3 Å². The molecule has 1 aromatic heterocycles. The number of aryl methyl sites for hydroxylation is 1. The van der Waals surface area contributed by atoms with Crippen molar-refractivity contribution in [2.75, 3.05) is 11.9 Å². The molecule has 4 nitrogen and oxygen atoms in total. The second kappa shape index (κ2) is 5.03. The lowest BCUT2D eigenvalue weighted by atomic mass is 9.97. The van der Waals surface area contributed by atoms with Crippen molar-refractivity contribution >= 4 is 33.4 Å². The van der Waals surface area contributed by atoms with Gasteiger partial charge in [-0.05, 0) is 23.9 Å². The number of carbonyl (C=O) groups excluding carboxylic acids is 1. The normalized spacial score (nSPS) is 11.5. The summed E-state index contributed by atoms with van der Waals surface area (Å²) in [5.41, 5.74) is 0.746. The molecule has 84 valence electrons. The number of amides is 1. The minimum Gasteiger partial charge on any atom is -0.351 e. The Morgan fingerprint density at radius 3 is 2.73 bits per heavy atom. The smallest absolute Gasteiger partial charge is 0.264 e. The summed E-state index contributed by atoms with van der Waals surface area (Å²) in [5, 5.41) is 7.53. The average molecular weight is 292 g/mol. The Morgan fingerprint density at radius 2 is 2.27 bits per heavy atom. The standard InChI is InChI=1S/C9H14BrN3OS/c1-6-7(15-13-12-6)8(14)11-5-9(2,3)4-10/h4-5H2,1-3H3,(H,11,14). The van der Waals surface area contributed by atoms with Crippen LogP contribution in [0.5, 0.6) is 0 Å². The predicted molar refractivity (Wildman–Crippen MR) is 64.6 cm³/mol. The molecule has 0 aliphatic heterocycles. The highest BCUT2D eigenvalue weighted by atomic mass is 79.9. The molecular weight excluding hydrogens is 278 g/mol. The van der Waals surface area contributed by atoms with Gasteiger partial charge in [-0.15, -0.1) is 5.10 Å². The number of nitrogens with zero attached hydrogens (tertiary/aromatic N) is 2. The Labute approximate surface area is 102 Å². The summed E-state index contributed by atoms with van der Waals surface area (Å²) < 4.78 is 3.73. The zero-order valence-electron chi connectivity index (χ0n) is 9.00. The predicted octanol–water partition coefficient (Wildman–Crippen LogP) is 2.00. The maximum atomic E-state index is 11.7. The molecule has 0 fully saturated rings. The quantitative estimate of drug-likeness (QED) is 0.864. The molecule has 0 saturated carbocycles. The average Bonchev–Trinajstić information content (AvgIpc) is 2.61. The number of nitrogens with one attached hydrogen (secondary N) is 1. The number of aromatic nitrogens is 2. The van der Waals surface area contributed by atoms with Crippen LogP contribution in [0.1, 0.15) is 29.2 Å². The summed E-state index contributed by atoms with van der Waals surface area (Å²) >= 11 is 4.54. The molecule has 0 atom stereocenters. The van der Waals surface area contributed by atoms with Gasteiger partial charge in [-0.2, -0.15) is 0 Å². The largest absolute Gasteiger partial charge is 0.351 e. The summed E-state index contributed by atoms with van der Waals surface area (Å²) in [6.45, 7) is 6.59. The van der Waals surface area contributed by atoms with Gasteiger partial charge < -0.3 is 5.32 Å². The van der Waals surface area contributed by atoms with Crippen molar-refractivity contribution in [1.82, 2.24) is 14.9 Å². The van der Waals surface area contributed by atoms with Gasteiger partial charge in [0, 0.05) is 11.9 Å². The van der Waals surface area contributed by atoms with Crippen molar-refractivity contribution in [3.63, 3.8) is 0 Å². The minimum absolute atomic E-state index is 0.0572. The molecule has 0 spiro atoms. The number of hydrogen-bond donors (Lipinski definition) is 1. The van der Waals surface area contributed by atoms with Crippen LogP contribution in [0.25, 0.3) is 0 Å². The molecule has 1 rings (SSSR count). The van der Waals surface area contributed by atoms with Crippen LogP contribution < -0.4 is 5.32 Å². The molecule has 1 aromatic rings. The lowest BCUT2D eigenvalue weighted by Crippen LogP contribution is -2.34. The molecule has 0 aromatic carbocycles. The number of carbonyl (C=O) groups is 1. The van der Waals surface area contributed by atoms with Crippen LogP contribution in [0.15, 0.2) is 0 Å². The van der Waals surface area contributed by atoms with Crippen LogP contribution in [0.3, 0.4) is 0 Å². The maximum Gasteiger partial charge on any atom is 0.264 e. The van der Waals surface area contributed by atoms with Gasteiger partial charge in [0.25, 0.3) is 5.91 Å². The van der Waals surface area contributed by atoms with Gasteiger partial charge in [-0.1, -0.05) is 34.3 Å². The zero-order chi connectivity index (χ0) is 11.5. The van der Waals surface area contributed by atoms with Crippen molar-refractivity contribution in [2.24, 2.45) is 5.41 Å². The highest BCUT2D eigenvalue weighted by Crippen LogP contribution is 2.17. The highest BCUT2D eigenvalue weighted by molar-refractivity contribution is 9.09. The van der Waals surface area contributed by atoms with Gasteiger partial charge in [-0.25, -0.2) is 0 Å². The van der Waals surface area contributed by atoms with E-state index >= 15 is 0 Å². The summed E-state index contributed by atoms with van der Waals surface area (Å²) in [7, 11) is 0. The summed E-state index contributed by atoms with van der Waals surface area (Å²) in [4.78, 5) is 12.3. The van der Waals surface area contributed by atoms with Gasteiger partial charge in [0.05, 0.1) is 5.69 Å². The molecule has 1 heterocycles. The molecular formula is C9H14BrN3OS. The number of hydrogen-bond acceptors (Lipinski definition) is 4. The number of rotatable bonds is 4. The first-order valence-electron chi connectivity index (χ1n) is 4.59. The lowest BCUT2D eigenvalue weighted by molar-refractivity contribution is 0.0943. The topological polar surface area (TPSA) is 54.9 Å². The van der Waals surface area contributed by atoms with E-state index in [2.05, 4.69) is 44.7 Å². The molecule has 1 N–H and O–H groups in total. The van der Waals surface area contributed by atoms with Gasteiger partial charge in [0.15, 0.2) is 0 Å². The van der Waals surface area contributed by atoms with Crippen LogP contribution in [0, 0.1) is 12.3 Å². The van der Waals surface area contributed by atoms with E-state index in [0.29, 0.717) is 17.1 Å². The van der Waals surface area contributed by atoms with Crippen LogP contribution in [-0.2, 0) is 0 Å². The van der Waals surface area contributed by atoms with E-state index in [0.717, 1.165) is 16.9 Å². The van der Waals surface area contributed by atoms with Crippen molar-refractivity contribution in [3.05, 3.63) is 10.6 Å². The summed E-state index contributed by atoms with van der Waals surface area (Å²) in [6, 6.07) is 0. The maximum absolute atomic E-state index is 11.7.